The lowest BCUT2D eigenvalue weighted by Gasteiger charge is -1.87. The topological polar surface area (TPSA) is 81.4 Å². The Morgan fingerprint density at radius 3 is 2.40 bits per heavy atom. The fourth-order valence-corrected chi connectivity index (χ4v) is 0.321. The molecule has 10 heavy (non-hydrogen) atoms. The van der Waals surface area contributed by atoms with E-state index in [0.717, 1.165) is 12.3 Å². The quantitative estimate of drug-likeness (QED) is 0.234. The maximum atomic E-state index is 10.1. The number of rotatable bonds is 3. The van der Waals surface area contributed by atoms with Crippen LogP contribution in [-0.2, 0) is 4.79 Å². The first kappa shape index (κ1) is 8.42. The zero-order chi connectivity index (χ0) is 7.98. The van der Waals surface area contributed by atoms with E-state index in [1.54, 1.807) is 0 Å². The van der Waals surface area contributed by atoms with Crippen molar-refractivity contribution >= 4 is 12.2 Å². The Morgan fingerprint density at radius 1 is 1.50 bits per heavy atom. The van der Waals surface area contributed by atoms with E-state index >= 15 is 0 Å². The van der Waals surface area contributed by atoms with Gasteiger partial charge < -0.3 is 15.6 Å². The molecule has 4 heteroatoms. The number of aliphatic carboxylic acids is 1. The molecule has 0 saturated heterocycles. The molecule has 0 radical (unpaired) electrons. The number of aliphatic hydroxyl groups excluding tert-OH is 1. The van der Waals surface area contributed by atoms with E-state index in [1.165, 1.54) is 6.08 Å². The molecule has 0 heterocycles. The molecule has 0 aliphatic heterocycles. The van der Waals surface area contributed by atoms with Crippen molar-refractivity contribution in [3.63, 3.8) is 0 Å². The van der Waals surface area contributed by atoms with Gasteiger partial charge in [0, 0.05) is 6.21 Å². The summed E-state index contributed by atoms with van der Waals surface area (Å²) in [6.07, 6.45) is 3.72. The number of nitrogens with one attached hydrogen (secondary N) is 1. The summed E-state index contributed by atoms with van der Waals surface area (Å²) in [4.78, 5) is 10.1. The minimum atomic E-state index is -1.22. The molecule has 0 saturated carbocycles. The molecule has 0 atom stereocenters. The van der Waals surface area contributed by atoms with Crippen LogP contribution in [0, 0.1) is 5.41 Å². The van der Waals surface area contributed by atoms with Gasteiger partial charge in [0.2, 0.25) is 0 Å². The molecule has 3 N–H and O–H groups in total. The maximum absolute atomic E-state index is 10.1. The van der Waals surface area contributed by atoms with Crippen molar-refractivity contribution in [1.29, 1.82) is 5.41 Å². The second kappa shape index (κ2) is 4.31. The van der Waals surface area contributed by atoms with Gasteiger partial charge in [-0.15, -0.1) is 0 Å². The lowest BCUT2D eigenvalue weighted by atomic mass is 10.3. The van der Waals surface area contributed by atoms with Crippen LogP contribution in [0.1, 0.15) is 0 Å². The highest BCUT2D eigenvalue weighted by Crippen LogP contribution is 1.93. The first-order valence-corrected chi connectivity index (χ1v) is 2.47. The summed E-state index contributed by atoms with van der Waals surface area (Å²) < 4.78 is 0. The second-order valence-electron chi connectivity index (χ2n) is 1.42. The molecule has 0 aliphatic rings. The van der Waals surface area contributed by atoms with Gasteiger partial charge in [0.15, 0.2) is 0 Å². The average Bonchev–Trinajstić information content (AvgIpc) is 1.89. The summed E-state index contributed by atoms with van der Waals surface area (Å²) in [7, 11) is 0. The van der Waals surface area contributed by atoms with Gasteiger partial charge in [-0.1, -0.05) is 0 Å². The molecule has 0 spiro atoms. The van der Waals surface area contributed by atoms with Crippen LogP contribution < -0.4 is 0 Å². The van der Waals surface area contributed by atoms with Crippen LogP contribution in [0.15, 0.2) is 24.0 Å². The van der Waals surface area contributed by atoms with Gasteiger partial charge in [0.05, 0.1) is 11.8 Å². The molecular weight excluding hydrogens is 134 g/mol. The van der Waals surface area contributed by atoms with Crippen LogP contribution in [0.5, 0.6) is 0 Å². The summed E-state index contributed by atoms with van der Waals surface area (Å²) in [6, 6.07) is 0. The summed E-state index contributed by atoms with van der Waals surface area (Å²) in [5.74, 6) is -1.22. The van der Waals surface area contributed by atoms with E-state index < -0.39 is 5.97 Å². The predicted molar refractivity (Wildman–Crippen MR) is 36.3 cm³/mol. The highest BCUT2D eigenvalue weighted by Gasteiger charge is 2.00. The van der Waals surface area contributed by atoms with E-state index in [1.807, 2.05) is 0 Å². The minimum Gasteiger partial charge on any atom is -0.515 e. The van der Waals surface area contributed by atoms with E-state index in [9.17, 15) is 4.79 Å². The Bertz CT molecular complexity index is 193. The third-order valence-corrected chi connectivity index (χ3v) is 0.758. The SMILES string of the molecule is N=CC=CC(=CO)C(=O)O. The summed E-state index contributed by atoms with van der Waals surface area (Å²) in [6.45, 7) is 0. The molecule has 0 aromatic carbocycles. The van der Waals surface area contributed by atoms with Crippen molar-refractivity contribution < 1.29 is 15.0 Å². The van der Waals surface area contributed by atoms with Crippen LogP contribution in [0.25, 0.3) is 0 Å². The number of allylic oxidation sites excluding steroid dienone is 1. The molecule has 0 fully saturated rings. The van der Waals surface area contributed by atoms with Crippen molar-refractivity contribution in [2.45, 2.75) is 0 Å². The van der Waals surface area contributed by atoms with Crippen molar-refractivity contribution in [3.8, 4) is 0 Å². The van der Waals surface area contributed by atoms with Crippen LogP contribution in [0.3, 0.4) is 0 Å². The number of hydrogen-bond acceptors (Lipinski definition) is 3. The molecule has 0 aromatic heterocycles. The third kappa shape index (κ3) is 2.66. The van der Waals surface area contributed by atoms with E-state index in [0.29, 0.717) is 6.26 Å². The van der Waals surface area contributed by atoms with E-state index in [-0.39, 0.29) is 5.57 Å². The molecule has 0 bridgehead atoms. The Morgan fingerprint density at radius 2 is 2.10 bits per heavy atom. The summed E-state index contributed by atoms with van der Waals surface area (Å²) in [5.41, 5.74) is -0.247. The number of hydrogen-bond donors (Lipinski definition) is 3. The molecule has 0 amide bonds. The Labute approximate surface area is 57.6 Å². The predicted octanol–water partition coefficient (Wildman–Crippen LogP) is 0.719. The zero-order valence-corrected chi connectivity index (χ0v) is 5.11. The van der Waals surface area contributed by atoms with Crippen LogP contribution in [0.2, 0.25) is 0 Å². The Balaban J connectivity index is 4.25. The normalized spacial score (nSPS) is 11.8. The number of carboxylic acids is 1. The van der Waals surface area contributed by atoms with Gasteiger partial charge in [-0.2, -0.15) is 0 Å². The van der Waals surface area contributed by atoms with Crippen LogP contribution in [0.4, 0.5) is 0 Å². The molecule has 54 valence electrons. The second-order valence-corrected chi connectivity index (χ2v) is 1.42. The average molecular weight is 141 g/mol. The fraction of sp³-hybridized carbons (Fsp3) is 0. The Kier molecular flexibility index (Phi) is 3.63. The largest absolute Gasteiger partial charge is 0.515 e. The van der Waals surface area contributed by atoms with E-state index in [2.05, 4.69) is 0 Å². The highest BCUT2D eigenvalue weighted by molar-refractivity contribution is 5.90. The first-order valence-electron chi connectivity index (χ1n) is 2.47. The number of carboxylic acid groups (broad SMARTS) is 1. The summed E-state index contributed by atoms with van der Waals surface area (Å²) >= 11 is 0. The monoisotopic (exact) mass is 141 g/mol. The number of carbonyl (C=O) groups is 1. The fourth-order valence-electron chi connectivity index (χ4n) is 0.321. The molecular formula is C6H7NO3. The third-order valence-electron chi connectivity index (χ3n) is 0.758. The lowest BCUT2D eigenvalue weighted by molar-refractivity contribution is -0.132. The van der Waals surface area contributed by atoms with Crippen molar-refractivity contribution in [2.24, 2.45) is 0 Å². The van der Waals surface area contributed by atoms with Gasteiger partial charge >= 0.3 is 5.97 Å². The lowest BCUT2D eigenvalue weighted by Crippen LogP contribution is -1.96. The molecule has 0 unspecified atom stereocenters. The molecule has 4 nitrogen and oxygen atoms in total. The van der Waals surface area contributed by atoms with Gasteiger partial charge in [0.25, 0.3) is 0 Å². The van der Waals surface area contributed by atoms with Gasteiger partial charge in [-0.25, -0.2) is 4.79 Å². The van der Waals surface area contributed by atoms with Crippen molar-refractivity contribution in [3.05, 3.63) is 24.0 Å². The van der Waals surface area contributed by atoms with Gasteiger partial charge in [0.1, 0.15) is 0 Å². The van der Waals surface area contributed by atoms with E-state index in [4.69, 9.17) is 15.6 Å². The zero-order valence-electron chi connectivity index (χ0n) is 5.11. The molecule has 0 aromatic rings. The van der Waals surface area contributed by atoms with Gasteiger partial charge in [-0.3, -0.25) is 0 Å². The van der Waals surface area contributed by atoms with Crippen LogP contribution >= 0.6 is 0 Å². The van der Waals surface area contributed by atoms with Crippen molar-refractivity contribution in [1.82, 2.24) is 0 Å². The number of aliphatic hydroxyl groups is 1. The maximum Gasteiger partial charge on any atom is 0.338 e. The highest BCUT2D eigenvalue weighted by atomic mass is 16.4. The van der Waals surface area contributed by atoms with Gasteiger partial charge in [-0.05, 0) is 12.2 Å². The molecule has 0 aliphatic carbocycles. The molecule has 0 rings (SSSR count). The van der Waals surface area contributed by atoms with Crippen molar-refractivity contribution in [2.75, 3.05) is 0 Å². The minimum absolute atomic E-state index is 0.247. The standard InChI is InChI=1S/C6H7NO3/c7-3-1-2-5(4-8)6(9)10/h1-4,7-8H,(H,9,10). The van der Waals surface area contributed by atoms with Crippen LogP contribution in [-0.4, -0.2) is 22.4 Å². The smallest absolute Gasteiger partial charge is 0.338 e. The summed E-state index contributed by atoms with van der Waals surface area (Å²) in [5, 5.41) is 23.0. The Hall–Kier alpha value is -1.58. The first-order chi connectivity index (χ1) is 4.72.